The maximum Gasteiger partial charge on any atom is 0.272 e. The van der Waals surface area contributed by atoms with E-state index in [1.54, 1.807) is 14.2 Å². The van der Waals surface area contributed by atoms with E-state index >= 15 is 0 Å². The number of nitrogens with zero attached hydrogens (tertiary/aromatic N) is 1. The summed E-state index contributed by atoms with van der Waals surface area (Å²) in [5.41, 5.74) is 3.70. The summed E-state index contributed by atoms with van der Waals surface area (Å²) in [5.74, 6) is 1.60. The molecule has 1 aromatic carbocycles. The Bertz CT molecular complexity index is 778. The number of methoxy groups -OCH3 is 2. The minimum atomic E-state index is -0.120. The van der Waals surface area contributed by atoms with E-state index in [9.17, 15) is 4.79 Å². The number of amides is 1. The van der Waals surface area contributed by atoms with Crippen molar-refractivity contribution in [2.24, 2.45) is 5.92 Å². The molecule has 27 heavy (non-hydrogen) atoms. The molecule has 2 aromatic rings. The summed E-state index contributed by atoms with van der Waals surface area (Å²) >= 11 is 0. The number of fused-ring (bicyclic) bond motifs is 1. The Kier molecular flexibility index (Phi) is 7.50. The molecule has 0 aliphatic carbocycles. The van der Waals surface area contributed by atoms with E-state index in [-0.39, 0.29) is 24.2 Å². The lowest BCUT2D eigenvalue weighted by Crippen LogP contribution is -2.31. The summed E-state index contributed by atoms with van der Waals surface area (Å²) < 4.78 is 10.6. The maximum absolute atomic E-state index is 12.5. The highest BCUT2D eigenvalue weighted by atomic mass is 35.5. The summed E-state index contributed by atoms with van der Waals surface area (Å²) in [6, 6.07) is 5.91. The molecular formula is C19H27ClN4O3. The summed E-state index contributed by atoms with van der Waals surface area (Å²) in [5, 5.41) is 13.5. The fourth-order valence-electron chi connectivity index (χ4n) is 3.25. The standard InChI is InChI=1S/C19H26N4O3.ClH/c1-12(8-13-4-5-16(25-2)17(9-13)26-3)10-21-19(24)18-14-11-20-7-6-15(14)22-23-18;/h4-5,9,12,20H,6-8,10-11H2,1-3H3,(H,21,24)(H,22,23);1H. The van der Waals surface area contributed by atoms with Crippen LogP contribution in [0.3, 0.4) is 0 Å². The minimum absolute atomic E-state index is 0. The summed E-state index contributed by atoms with van der Waals surface area (Å²) in [4.78, 5) is 12.5. The molecule has 1 aromatic heterocycles. The second-order valence-electron chi connectivity index (χ2n) is 6.66. The molecule has 3 N–H and O–H groups in total. The first-order chi connectivity index (χ1) is 12.6. The number of aromatic amines is 1. The van der Waals surface area contributed by atoms with Crippen LogP contribution in [0.1, 0.15) is 34.2 Å². The molecule has 1 atom stereocenters. The van der Waals surface area contributed by atoms with Gasteiger partial charge in [-0.1, -0.05) is 13.0 Å². The number of nitrogens with one attached hydrogen (secondary N) is 3. The van der Waals surface area contributed by atoms with Gasteiger partial charge in [0.15, 0.2) is 17.2 Å². The molecule has 7 nitrogen and oxygen atoms in total. The van der Waals surface area contributed by atoms with Crippen LogP contribution in [0.5, 0.6) is 11.5 Å². The van der Waals surface area contributed by atoms with Crippen molar-refractivity contribution in [1.82, 2.24) is 20.8 Å². The number of rotatable bonds is 7. The fourth-order valence-corrected chi connectivity index (χ4v) is 3.25. The number of benzene rings is 1. The summed E-state index contributed by atoms with van der Waals surface area (Å²) in [6.07, 6.45) is 1.71. The van der Waals surface area contributed by atoms with E-state index in [1.165, 1.54) is 0 Å². The number of aromatic nitrogens is 2. The van der Waals surface area contributed by atoms with Gasteiger partial charge in [0.1, 0.15) is 0 Å². The lowest BCUT2D eigenvalue weighted by Gasteiger charge is -2.15. The third-order valence-corrected chi connectivity index (χ3v) is 4.66. The zero-order chi connectivity index (χ0) is 18.5. The van der Waals surface area contributed by atoms with Crippen LogP contribution in [0.25, 0.3) is 0 Å². The van der Waals surface area contributed by atoms with Gasteiger partial charge >= 0.3 is 0 Å². The van der Waals surface area contributed by atoms with Crippen LogP contribution in [0.2, 0.25) is 0 Å². The summed E-state index contributed by atoms with van der Waals surface area (Å²) in [6.45, 7) is 4.30. The molecule has 1 amide bonds. The molecule has 8 heteroatoms. The molecule has 0 radical (unpaired) electrons. The number of halogens is 1. The zero-order valence-corrected chi connectivity index (χ0v) is 16.7. The molecule has 0 saturated carbocycles. The normalized spacial score (nSPS) is 13.9. The first-order valence-corrected chi connectivity index (χ1v) is 8.88. The molecule has 0 saturated heterocycles. The zero-order valence-electron chi connectivity index (χ0n) is 15.9. The average molecular weight is 395 g/mol. The SMILES string of the molecule is COc1ccc(CC(C)CNC(=O)c2n[nH]c3c2CNCC3)cc1OC.Cl. The Morgan fingerprint density at radius 3 is 2.81 bits per heavy atom. The first-order valence-electron chi connectivity index (χ1n) is 8.88. The van der Waals surface area contributed by atoms with Crippen LogP contribution in [0.4, 0.5) is 0 Å². The van der Waals surface area contributed by atoms with E-state index in [1.807, 2.05) is 18.2 Å². The van der Waals surface area contributed by atoms with Crippen LogP contribution in [-0.2, 0) is 19.4 Å². The van der Waals surface area contributed by atoms with Crippen LogP contribution in [0, 0.1) is 5.92 Å². The monoisotopic (exact) mass is 394 g/mol. The van der Waals surface area contributed by atoms with Gasteiger partial charge in [-0.15, -0.1) is 12.4 Å². The van der Waals surface area contributed by atoms with E-state index in [2.05, 4.69) is 27.8 Å². The van der Waals surface area contributed by atoms with Gasteiger partial charge in [0, 0.05) is 37.3 Å². The molecule has 148 valence electrons. The Labute approximate surface area is 165 Å². The number of carbonyl (C=O) groups excluding carboxylic acids is 1. The van der Waals surface area contributed by atoms with Crippen molar-refractivity contribution in [3.8, 4) is 11.5 Å². The topological polar surface area (TPSA) is 88.3 Å². The van der Waals surface area contributed by atoms with Crippen LogP contribution < -0.4 is 20.1 Å². The molecule has 0 fully saturated rings. The summed E-state index contributed by atoms with van der Waals surface area (Å²) in [7, 11) is 3.25. The van der Waals surface area contributed by atoms with Crippen molar-refractivity contribution < 1.29 is 14.3 Å². The van der Waals surface area contributed by atoms with E-state index < -0.39 is 0 Å². The van der Waals surface area contributed by atoms with Gasteiger partial charge < -0.3 is 20.1 Å². The van der Waals surface area contributed by atoms with Gasteiger partial charge in [-0.3, -0.25) is 9.89 Å². The molecule has 1 aliphatic rings. The van der Waals surface area contributed by atoms with Gasteiger partial charge in [-0.2, -0.15) is 5.10 Å². The molecule has 1 unspecified atom stereocenters. The quantitative estimate of drug-likeness (QED) is 0.669. The van der Waals surface area contributed by atoms with E-state index in [0.717, 1.165) is 42.0 Å². The van der Waals surface area contributed by atoms with Crippen molar-refractivity contribution in [2.45, 2.75) is 26.3 Å². The lowest BCUT2D eigenvalue weighted by atomic mass is 10.0. The van der Waals surface area contributed by atoms with Crippen LogP contribution >= 0.6 is 12.4 Å². The van der Waals surface area contributed by atoms with Crippen molar-refractivity contribution in [3.63, 3.8) is 0 Å². The molecule has 2 heterocycles. The highest BCUT2D eigenvalue weighted by Crippen LogP contribution is 2.28. The van der Waals surface area contributed by atoms with Crippen molar-refractivity contribution in [1.29, 1.82) is 0 Å². The van der Waals surface area contributed by atoms with Crippen molar-refractivity contribution in [2.75, 3.05) is 27.3 Å². The van der Waals surface area contributed by atoms with Gasteiger partial charge in [-0.25, -0.2) is 0 Å². The van der Waals surface area contributed by atoms with Crippen LogP contribution in [0.15, 0.2) is 18.2 Å². The predicted octanol–water partition coefficient (Wildman–Crippen LogP) is 2.10. The molecule has 0 spiro atoms. The number of ether oxygens (including phenoxy) is 2. The maximum atomic E-state index is 12.5. The Morgan fingerprint density at radius 1 is 1.30 bits per heavy atom. The molecule has 3 rings (SSSR count). The number of H-pyrrole nitrogens is 1. The van der Waals surface area contributed by atoms with E-state index in [4.69, 9.17) is 9.47 Å². The van der Waals surface area contributed by atoms with Gasteiger partial charge in [0.05, 0.1) is 14.2 Å². The predicted molar refractivity (Wildman–Crippen MR) is 106 cm³/mol. The fraction of sp³-hybridized carbons (Fsp3) is 0.474. The van der Waals surface area contributed by atoms with Crippen molar-refractivity contribution in [3.05, 3.63) is 40.7 Å². The molecule has 0 bridgehead atoms. The second-order valence-corrected chi connectivity index (χ2v) is 6.66. The molecule has 1 aliphatic heterocycles. The molecular weight excluding hydrogens is 368 g/mol. The smallest absolute Gasteiger partial charge is 0.272 e. The third-order valence-electron chi connectivity index (χ3n) is 4.66. The number of carbonyl (C=O) groups is 1. The number of hydrogen-bond donors (Lipinski definition) is 3. The third kappa shape index (κ3) is 4.93. The highest BCUT2D eigenvalue weighted by molar-refractivity contribution is 5.94. The van der Waals surface area contributed by atoms with Crippen molar-refractivity contribution >= 4 is 18.3 Å². The van der Waals surface area contributed by atoms with Gasteiger partial charge in [-0.05, 0) is 30.0 Å². The Morgan fingerprint density at radius 2 is 2.07 bits per heavy atom. The largest absolute Gasteiger partial charge is 0.493 e. The average Bonchev–Trinajstić information content (AvgIpc) is 3.10. The lowest BCUT2D eigenvalue weighted by molar-refractivity contribution is 0.0942. The number of hydrogen-bond acceptors (Lipinski definition) is 5. The Balaban J connectivity index is 0.00000261. The van der Waals surface area contributed by atoms with Gasteiger partial charge in [0.25, 0.3) is 5.91 Å². The van der Waals surface area contributed by atoms with Crippen LogP contribution in [-0.4, -0.2) is 43.4 Å². The highest BCUT2D eigenvalue weighted by Gasteiger charge is 2.21. The first kappa shape index (κ1) is 21.1. The second kappa shape index (κ2) is 9.62. The Hall–Kier alpha value is -2.25. The minimum Gasteiger partial charge on any atom is -0.493 e. The van der Waals surface area contributed by atoms with E-state index in [0.29, 0.717) is 24.5 Å². The van der Waals surface area contributed by atoms with Gasteiger partial charge in [0.2, 0.25) is 0 Å².